The van der Waals surface area contributed by atoms with Crippen molar-refractivity contribution in [1.82, 2.24) is 14.4 Å². The Morgan fingerprint density at radius 1 is 1.10 bits per heavy atom. The highest BCUT2D eigenvalue weighted by Crippen LogP contribution is 2.38. The molecule has 0 bridgehead atoms. The summed E-state index contributed by atoms with van der Waals surface area (Å²) in [6, 6.07) is 15.6. The number of rotatable bonds is 3. The van der Waals surface area contributed by atoms with Crippen LogP contribution in [0.3, 0.4) is 0 Å². The third-order valence-corrected chi connectivity index (χ3v) is 5.66. The van der Waals surface area contributed by atoms with E-state index in [0.29, 0.717) is 34.1 Å². The van der Waals surface area contributed by atoms with Gasteiger partial charge in [-0.15, -0.1) is 0 Å². The zero-order valence-electron chi connectivity index (χ0n) is 16.5. The van der Waals surface area contributed by atoms with Crippen molar-refractivity contribution in [3.05, 3.63) is 81.9 Å². The van der Waals surface area contributed by atoms with E-state index in [9.17, 15) is 4.79 Å². The summed E-state index contributed by atoms with van der Waals surface area (Å²) in [6.07, 6.45) is 1.74. The molecular weight excluding hydrogens is 376 g/mol. The fourth-order valence-electron chi connectivity index (χ4n) is 4.31. The van der Waals surface area contributed by atoms with Gasteiger partial charge in [0.1, 0.15) is 16.9 Å². The van der Waals surface area contributed by atoms with E-state index in [2.05, 4.69) is 4.98 Å². The predicted molar refractivity (Wildman–Crippen MR) is 116 cm³/mol. The van der Waals surface area contributed by atoms with Crippen LogP contribution in [0.15, 0.2) is 59.7 Å². The number of aromatic nitrogens is 3. The average Bonchev–Trinajstić information content (AvgIpc) is 3.48. The number of carbonyl (C=O) groups excluding carboxylic acids is 1. The smallest absolute Gasteiger partial charge is 0.215 e. The number of fused-ring (bicyclic) bond motifs is 5. The van der Waals surface area contributed by atoms with E-state index in [1.54, 1.807) is 6.20 Å². The normalized spacial score (nSPS) is 12.2. The zero-order chi connectivity index (χ0) is 20.6. The molecule has 0 spiro atoms. The minimum atomic E-state index is -0.165. The molecule has 0 unspecified atom stereocenters. The van der Waals surface area contributed by atoms with Gasteiger partial charge in [0.15, 0.2) is 0 Å². The number of nitrogen functional groups attached to an aromatic ring is 1. The van der Waals surface area contributed by atoms with E-state index in [1.807, 2.05) is 71.9 Å². The number of hydrogen-bond donors (Lipinski definition) is 2. The molecule has 30 heavy (non-hydrogen) atoms. The number of anilines is 2. The Kier molecular flexibility index (Phi) is 3.19. The predicted octanol–water partition coefficient (Wildman–Crippen LogP) is 2.97. The Hall–Kier alpha value is -4.13. The Labute approximate surface area is 170 Å². The first-order valence-corrected chi connectivity index (χ1v) is 9.66. The maximum absolute atomic E-state index is 13.6. The number of carbonyl (C=O) groups is 1. The van der Waals surface area contributed by atoms with Gasteiger partial charge in [-0.05, 0) is 12.1 Å². The fourth-order valence-corrected chi connectivity index (χ4v) is 4.31. The first-order valence-electron chi connectivity index (χ1n) is 9.66. The summed E-state index contributed by atoms with van der Waals surface area (Å²) in [6.45, 7) is 0. The van der Waals surface area contributed by atoms with Gasteiger partial charge in [0.2, 0.25) is 11.7 Å². The van der Waals surface area contributed by atoms with Crippen molar-refractivity contribution < 1.29 is 4.79 Å². The van der Waals surface area contributed by atoms with Gasteiger partial charge >= 0.3 is 0 Å². The average molecular weight is 394 g/mol. The van der Waals surface area contributed by atoms with E-state index >= 15 is 0 Å². The molecule has 1 aliphatic rings. The van der Waals surface area contributed by atoms with Crippen LogP contribution in [0.1, 0.15) is 16.1 Å². The standard InChI is InChI=1S/C23H18N6O/c1-28(2)23-27-19(22(30)14-11-25-15-9-5-3-7-12(14)15)21-17(24)18-20(29(21)23)13-8-4-6-10-16(13)26-18/h3-11,25H,24H2,1-2H3. The quantitative estimate of drug-likeness (QED) is 0.452. The highest BCUT2D eigenvalue weighted by molar-refractivity contribution is 6.20. The van der Waals surface area contributed by atoms with Gasteiger partial charge in [0, 0.05) is 42.0 Å². The van der Waals surface area contributed by atoms with Crippen LogP contribution < -0.4 is 16.0 Å². The molecular formula is C23H18N6O. The summed E-state index contributed by atoms with van der Waals surface area (Å²) in [4.78, 5) is 28.1. The van der Waals surface area contributed by atoms with Crippen molar-refractivity contribution in [3.63, 3.8) is 0 Å². The molecule has 7 nitrogen and oxygen atoms in total. The van der Waals surface area contributed by atoms with Crippen molar-refractivity contribution in [2.24, 2.45) is 4.99 Å². The number of aromatic amines is 1. The Balaban J connectivity index is 1.72. The molecule has 7 heteroatoms. The number of hydrogen-bond acceptors (Lipinski definition) is 5. The maximum atomic E-state index is 13.6. The van der Waals surface area contributed by atoms with Gasteiger partial charge in [0.25, 0.3) is 0 Å². The van der Waals surface area contributed by atoms with Crippen molar-refractivity contribution in [3.8, 4) is 0 Å². The van der Waals surface area contributed by atoms with Crippen LogP contribution in [-0.2, 0) is 0 Å². The minimum absolute atomic E-state index is 0.165. The second-order valence-electron chi connectivity index (χ2n) is 7.66. The summed E-state index contributed by atoms with van der Waals surface area (Å²) < 4.78 is 1.96. The summed E-state index contributed by atoms with van der Waals surface area (Å²) >= 11 is 0. The topological polar surface area (TPSA) is 91.8 Å². The van der Waals surface area contributed by atoms with Crippen LogP contribution in [0.25, 0.3) is 16.4 Å². The van der Waals surface area contributed by atoms with Crippen LogP contribution in [-0.4, -0.2) is 34.2 Å². The molecule has 6 rings (SSSR count). The number of nitrogens with one attached hydrogen (secondary N) is 1. The third kappa shape index (κ3) is 2.01. The van der Waals surface area contributed by atoms with Crippen LogP contribution in [0.5, 0.6) is 0 Å². The molecule has 0 saturated carbocycles. The van der Waals surface area contributed by atoms with E-state index < -0.39 is 0 Å². The van der Waals surface area contributed by atoms with Gasteiger partial charge < -0.3 is 15.6 Å². The highest BCUT2D eigenvalue weighted by atomic mass is 16.1. The van der Waals surface area contributed by atoms with Crippen molar-refractivity contribution >= 4 is 39.5 Å². The molecule has 4 heterocycles. The molecule has 0 atom stereocenters. The lowest BCUT2D eigenvalue weighted by Crippen LogP contribution is -2.13. The van der Waals surface area contributed by atoms with Crippen molar-refractivity contribution in [2.45, 2.75) is 0 Å². The molecule has 0 radical (unpaired) electrons. The Bertz CT molecular complexity index is 1660. The lowest BCUT2D eigenvalue weighted by molar-refractivity contribution is 0.103. The van der Waals surface area contributed by atoms with Crippen molar-refractivity contribution in [2.75, 3.05) is 24.7 Å². The second-order valence-corrected chi connectivity index (χ2v) is 7.66. The van der Waals surface area contributed by atoms with Gasteiger partial charge in [-0.3, -0.25) is 9.20 Å². The summed E-state index contributed by atoms with van der Waals surface area (Å²) in [5.74, 6) is 0.481. The van der Waals surface area contributed by atoms with E-state index in [1.165, 1.54) is 0 Å². The summed E-state index contributed by atoms with van der Waals surface area (Å²) in [7, 11) is 3.81. The number of benzene rings is 2. The Morgan fingerprint density at radius 3 is 2.70 bits per heavy atom. The van der Waals surface area contributed by atoms with Crippen LogP contribution in [0.4, 0.5) is 17.3 Å². The lowest BCUT2D eigenvalue weighted by atomic mass is 10.1. The van der Waals surface area contributed by atoms with Crippen molar-refractivity contribution in [1.29, 1.82) is 0 Å². The number of H-pyrrole nitrogens is 1. The second kappa shape index (κ2) is 5.70. The molecule has 0 saturated heterocycles. The van der Waals surface area contributed by atoms with Gasteiger partial charge in [-0.25, -0.2) is 9.98 Å². The van der Waals surface area contributed by atoms with E-state index in [0.717, 1.165) is 26.8 Å². The molecule has 2 aromatic carbocycles. The van der Waals surface area contributed by atoms with Gasteiger partial charge in [-0.2, -0.15) is 0 Å². The Morgan fingerprint density at radius 2 is 1.87 bits per heavy atom. The first kappa shape index (κ1) is 16.8. The first-order chi connectivity index (χ1) is 14.6. The molecule has 0 amide bonds. The third-order valence-electron chi connectivity index (χ3n) is 5.66. The molecule has 0 aliphatic carbocycles. The number of imidazole rings is 1. The van der Waals surface area contributed by atoms with Crippen LogP contribution in [0.2, 0.25) is 0 Å². The minimum Gasteiger partial charge on any atom is -0.395 e. The lowest BCUT2D eigenvalue weighted by Gasteiger charge is -2.08. The number of ketones is 1. The molecule has 146 valence electrons. The molecule has 5 aromatic rings. The fraction of sp³-hybridized carbons (Fsp3) is 0.0870. The van der Waals surface area contributed by atoms with Crippen LogP contribution >= 0.6 is 0 Å². The molecule has 0 fully saturated rings. The number of nitrogens with zero attached hydrogens (tertiary/aromatic N) is 4. The number of nitrogens with two attached hydrogens (primary N) is 1. The number of para-hydroxylation sites is 2. The molecule has 3 aromatic heterocycles. The van der Waals surface area contributed by atoms with Crippen LogP contribution in [0, 0.1) is 10.6 Å². The summed E-state index contributed by atoms with van der Waals surface area (Å²) in [5, 5.41) is 3.61. The maximum Gasteiger partial charge on any atom is 0.215 e. The van der Waals surface area contributed by atoms with Gasteiger partial charge in [0.05, 0.1) is 16.4 Å². The van der Waals surface area contributed by atoms with Gasteiger partial charge in [-0.1, -0.05) is 36.4 Å². The zero-order valence-corrected chi connectivity index (χ0v) is 16.5. The monoisotopic (exact) mass is 394 g/mol. The SMILES string of the molecule is CN(C)c1nc(C(=O)c2c[nH]c3ccccc23)c2c(N)c3c(n12)=c1ccccc1=N3. The highest BCUT2D eigenvalue weighted by Gasteiger charge is 2.28. The molecule has 1 aliphatic heterocycles. The van der Waals surface area contributed by atoms with E-state index in [-0.39, 0.29) is 5.78 Å². The largest absolute Gasteiger partial charge is 0.395 e. The summed E-state index contributed by atoms with van der Waals surface area (Å²) in [5.41, 5.74) is 10.2. The van der Waals surface area contributed by atoms with E-state index in [4.69, 9.17) is 15.7 Å². The molecule has 3 N–H and O–H groups in total.